The number of ether oxygens (including phenoxy) is 2. The number of carbonyl (C=O) groups is 2. The van der Waals surface area contributed by atoms with Crippen LogP contribution in [0.4, 0.5) is 5.69 Å². The number of rotatable bonds is 11. The van der Waals surface area contributed by atoms with Gasteiger partial charge in [0, 0.05) is 17.1 Å². The fourth-order valence-electron chi connectivity index (χ4n) is 4.04. The van der Waals surface area contributed by atoms with Crippen LogP contribution in [0.5, 0.6) is 11.5 Å². The molecule has 11 heteroatoms. The molecule has 1 N–H and O–H groups in total. The third-order valence-electron chi connectivity index (χ3n) is 6.19. The van der Waals surface area contributed by atoms with Crippen molar-refractivity contribution >= 4 is 39.1 Å². The van der Waals surface area contributed by atoms with Crippen LogP contribution in [-0.2, 0) is 26.2 Å². The Labute approximate surface area is 247 Å². The number of hydrogen-bond donors (Lipinski definition) is 1. The Bertz CT molecular complexity index is 1450. The van der Waals surface area contributed by atoms with Crippen molar-refractivity contribution in [2.45, 2.75) is 50.7 Å². The van der Waals surface area contributed by atoms with Crippen molar-refractivity contribution in [3.63, 3.8) is 0 Å². The number of methoxy groups -OCH3 is 2. The lowest BCUT2D eigenvalue weighted by atomic mass is 10.1. The van der Waals surface area contributed by atoms with E-state index in [0.29, 0.717) is 22.1 Å². The average molecular weight is 602 g/mol. The van der Waals surface area contributed by atoms with Crippen molar-refractivity contribution in [1.82, 2.24) is 10.2 Å². The van der Waals surface area contributed by atoms with Crippen molar-refractivity contribution < 1.29 is 27.5 Å². The first-order valence-electron chi connectivity index (χ1n) is 12.9. The van der Waals surface area contributed by atoms with Gasteiger partial charge in [0.2, 0.25) is 11.8 Å². The maximum atomic E-state index is 14.0. The van der Waals surface area contributed by atoms with Gasteiger partial charge in [0.25, 0.3) is 10.0 Å². The number of halogens is 1. The number of nitrogens with one attached hydrogen (secondary N) is 1. The maximum Gasteiger partial charge on any atom is 0.264 e. The second-order valence-electron chi connectivity index (χ2n) is 10.5. The van der Waals surface area contributed by atoms with Crippen molar-refractivity contribution in [2.75, 3.05) is 25.1 Å². The van der Waals surface area contributed by atoms with Gasteiger partial charge in [-0.2, -0.15) is 0 Å². The van der Waals surface area contributed by atoms with E-state index >= 15 is 0 Å². The summed E-state index contributed by atoms with van der Waals surface area (Å²) < 4.78 is 39.3. The van der Waals surface area contributed by atoms with Crippen LogP contribution in [0.15, 0.2) is 77.7 Å². The molecule has 0 unspecified atom stereocenters. The Morgan fingerprint density at radius 3 is 2.10 bits per heavy atom. The van der Waals surface area contributed by atoms with Gasteiger partial charge in [-0.25, -0.2) is 8.42 Å². The van der Waals surface area contributed by atoms with E-state index in [1.807, 2.05) is 26.8 Å². The van der Waals surface area contributed by atoms with Gasteiger partial charge in [-0.15, -0.1) is 0 Å². The molecule has 220 valence electrons. The number of benzene rings is 3. The van der Waals surface area contributed by atoms with Crippen LogP contribution in [0.3, 0.4) is 0 Å². The summed E-state index contributed by atoms with van der Waals surface area (Å²) in [4.78, 5) is 28.5. The predicted octanol–water partition coefficient (Wildman–Crippen LogP) is 4.88. The molecule has 0 spiro atoms. The quantitative estimate of drug-likeness (QED) is 0.336. The second kappa shape index (κ2) is 13.3. The number of hydrogen-bond acceptors (Lipinski definition) is 6. The highest BCUT2D eigenvalue weighted by molar-refractivity contribution is 7.92. The summed E-state index contributed by atoms with van der Waals surface area (Å²) in [6.07, 6.45) is 0. The highest BCUT2D eigenvalue weighted by atomic mass is 35.5. The summed E-state index contributed by atoms with van der Waals surface area (Å²) in [6.45, 7) is 6.63. The number of anilines is 1. The van der Waals surface area contributed by atoms with Gasteiger partial charge in [-0.3, -0.25) is 13.9 Å². The van der Waals surface area contributed by atoms with E-state index < -0.39 is 34.1 Å². The third kappa shape index (κ3) is 8.37. The zero-order chi connectivity index (χ0) is 30.4. The predicted molar refractivity (Wildman–Crippen MR) is 160 cm³/mol. The standard InChI is InChI=1S/C30H36ClN3O6S/c1-21(29(36)32-30(2,3)4)33(19-22-8-7-9-26(18-22)40-6)28(35)20-34(24-12-10-23(31)11-13-24)41(37,38)27-16-14-25(39-5)15-17-27/h7-18,21H,19-20H2,1-6H3,(H,32,36)/t21-/m1/s1. The van der Waals surface area contributed by atoms with E-state index in [2.05, 4.69) is 5.32 Å². The zero-order valence-electron chi connectivity index (χ0n) is 24.0. The van der Waals surface area contributed by atoms with Gasteiger partial charge in [-0.05, 0) is 93.9 Å². The molecule has 3 aromatic carbocycles. The molecule has 0 saturated heterocycles. The number of carbonyl (C=O) groups excluding carboxylic acids is 2. The molecule has 3 rings (SSSR count). The largest absolute Gasteiger partial charge is 0.497 e. The van der Waals surface area contributed by atoms with Gasteiger partial charge in [0.05, 0.1) is 24.8 Å². The zero-order valence-corrected chi connectivity index (χ0v) is 25.6. The van der Waals surface area contributed by atoms with Crippen LogP contribution in [-0.4, -0.2) is 57.5 Å². The Hall–Kier alpha value is -3.76. The molecule has 0 aliphatic rings. The molecular weight excluding hydrogens is 566 g/mol. The van der Waals surface area contributed by atoms with Crippen molar-refractivity contribution in [1.29, 1.82) is 0 Å². The van der Waals surface area contributed by atoms with E-state index in [1.54, 1.807) is 37.3 Å². The molecule has 0 radical (unpaired) electrons. The van der Waals surface area contributed by atoms with Gasteiger partial charge in [0.15, 0.2) is 0 Å². The molecule has 41 heavy (non-hydrogen) atoms. The Kier molecular flexibility index (Phi) is 10.3. The molecule has 0 aliphatic heterocycles. The van der Waals surface area contributed by atoms with Gasteiger partial charge >= 0.3 is 0 Å². The number of nitrogens with zero attached hydrogens (tertiary/aromatic N) is 2. The van der Waals surface area contributed by atoms with E-state index in [1.165, 1.54) is 55.5 Å². The Morgan fingerprint density at radius 1 is 0.927 bits per heavy atom. The van der Waals surface area contributed by atoms with E-state index in [9.17, 15) is 18.0 Å². The van der Waals surface area contributed by atoms with Gasteiger partial charge in [-0.1, -0.05) is 23.7 Å². The average Bonchev–Trinajstić information content (AvgIpc) is 2.93. The topological polar surface area (TPSA) is 105 Å². The molecular formula is C30H36ClN3O6S. The number of sulfonamides is 1. The van der Waals surface area contributed by atoms with Crippen molar-refractivity contribution in [3.8, 4) is 11.5 Å². The monoisotopic (exact) mass is 601 g/mol. The summed E-state index contributed by atoms with van der Waals surface area (Å²) in [5.74, 6) is 0.133. The highest BCUT2D eigenvalue weighted by Gasteiger charge is 2.33. The minimum absolute atomic E-state index is 0.0288. The van der Waals surface area contributed by atoms with Gasteiger partial charge < -0.3 is 19.7 Å². The first-order chi connectivity index (χ1) is 19.2. The minimum atomic E-state index is -4.21. The molecule has 0 bridgehead atoms. The third-order valence-corrected chi connectivity index (χ3v) is 8.23. The molecule has 3 aromatic rings. The summed E-state index contributed by atoms with van der Waals surface area (Å²) in [5, 5.41) is 3.32. The van der Waals surface area contributed by atoms with Crippen LogP contribution < -0.4 is 19.1 Å². The van der Waals surface area contributed by atoms with Gasteiger partial charge in [0.1, 0.15) is 24.1 Å². The second-order valence-corrected chi connectivity index (χ2v) is 12.8. The molecule has 0 aliphatic carbocycles. The van der Waals surface area contributed by atoms with E-state index in [-0.39, 0.29) is 23.0 Å². The molecule has 0 saturated carbocycles. The van der Waals surface area contributed by atoms with E-state index in [0.717, 1.165) is 4.31 Å². The smallest absolute Gasteiger partial charge is 0.264 e. The lowest BCUT2D eigenvalue weighted by Crippen LogP contribution is -2.54. The highest BCUT2D eigenvalue weighted by Crippen LogP contribution is 2.27. The molecule has 9 nitrogen and oxygen atoms in total. The normalized spacial score (nSPS) is 12.3. The Balaban J connectivity index is 2.04. The first kappa shape index (κ1) is 31.8. The lowest BCUT2D eigenvalue weighted by molar-refractivity contribution is -0.140. The molecule has 2 amide bonds. The van der Waals surface area contributed by atoms with Crippen LogP contribution in [0, 0.1) is 0 Å². The summed E-state index contributed by atoms with van der Waals surface area (Å²) in [6, 6.07) is 18.2. The molecule has 0 aromatic heterocycles. The maximum absolute atomic E-state index is 14.0. The van der Waals surface area contributed by atoms with Crippen LogP contribution in [0.2, 0.25) is 5.02 Å². The Morgan fingerprint density at radius 2 is 1.54 bits per heavy atom. The fraction of sp³-hybridized carbons (Fsp3) is 0.333. The molecule has 0 heterocycles. The lowest BCUT2D eigenvalue weighted by Gasteiger charge is -2.33. The van der Waals surface area contributed by atoms with Crippen molar-refractivity contribution in [3.05, 3.63) is 83.4 Å². The molecule has 0 fully saturated rings. The fourth-order valence-corrected chi connectivity index (χ4v) is 5.58. The van der Waals surface area contributed by atoms with Crippen LogP contribution in [0.25, 0.3) is 0 Å². The summed E-state index contributed by atoms with van der Waals surface area (Å²) in [5.41, 5.74) is 0.416. The minimum Gasteiger partial charge on any atom is -0.497 e. The van der Waals surface area contributed by atoms with Crippen molar-refractivity contribution in [2.24, 2.45) is 0 Å². The molecule has 1 atom stereocenters. The SMILES string of the molecule is COc1ccc(S(=O)(=O)N(CC(=O)N(Cc2cccc(OC)c2)[C@H](C)C(=O)NC(C)(C)C)c2ccc(Cl)cc2)cc1. The van der Waals surface area contributed by atoms with E-state index in [4.69, 9.17) is 21.1 Å². The summed E-state index contributed by atoms with van der Waals surface area (Å²) in [7, 11) is -1.19. The van der Waals surface area contributed by atoms with Crippen LogP contribution >= 0.6 is 11.6 Å². The first-order valence-corrected chi connectivity index (χ1v) is 14.7. The van der Waals surface area contributed by atoms with Crippen LogP contribution in [0.1, 0.15) is 33.3 Å². The number of amides is 2. The summed E-state index contributed by atoms with van der Waals surface area (Å²) >= 11 is 6.07.